The fourth-order valence-corrected chi connectivity index (χ4v) is 3.60. The Labute approximate surface area is 135 Å². The summed E-state index contributed by atoms with van der Waals surface area (Å²) in [4.78, 5) is 14.1. The van der Waals surface area contributed by atoms with E-state index in [0.29, 0.717) is 6.42 Å². The highest BCUT2D eigenvalue weighted by Gasteiger charge is 2.36. The Hall–Kier alpha value is -1.13. The second kappa shape index (κ2) is 6.55. The first kappa shape index (κ1) is 17.2. The van der Waals surface area contributed by atoms with Crippen molar-refractivity contribution in [1.29, 1.82) is 0 Å². The second-order valence-corrected chi connectivity index (χ2v) is 12.4. The SMILES string of the molecule is CC(C)(C)[Si](C)(C)OCCCN1C(=O)CCc2ccccc21. The molecule has 0 unspecified atom stereocenters. The molecular weight excluding hydrogens is 290 g/mol. The summed E-state index contributed by atoms with van der Waals surface area (Å²) in [5.74, 6) is 0.242. The van der Waals surface area contributed by atoms with E-state index in [-0.39, 0.29) is 10.9 Å². The topological polar surface area (TPSA) is 29.5 Å². The van der Waals surface area contributed by atoms with Gasteiger partial charge in [0.05, 0.1) is 0 Å². The molecular formula is C18H29NO2Si. The molecule has 0 spiro atoms. The highest BCUT2D eigenvalue weighted by atomic mass is 28.4. The van der Waals surface area contributed by atoms with Gasteiger partial charge in [-0.05, 0) is 42.6 Å². The number of para-hydroxylation sites is 1. The molecule has 22 heavy (non-hydrogen) atoms. The smallest absolute Gasteiger partial charge is 0.227 e. The summed E-state index contributed by atoms with van der Waals surface area (Å²) in [6.07, 6.45) is 2.39. The summed E-state index contributed by atoms with van der Waals surface area (Å²) in [6.45, 7) is 12.8. The van der Waals surface area contributed by atoms with Crippen LogP contribution in [0.5, 0.6) is 0 Å². The maximum absolute atomic E-state index is 12.2. The molecule has 0 aromatic heterocycles. The number of rotatable bonds is 5. The van der Waals surface area contributed by atoms with Crippen molar-refractivity contribution in [1.82, 2.24) is 0 Å². The van der Waals surface area contributed by atoms with E-state index >= 15 is 0 Å². The minimum atomic E-state index is -1.68. The average Bonchev–Trinajstić information content (AvgIpc) is 2.44. The molecule has 3 nitrogen and oxygen atoms in total. The zero-order valence-electron chi connectivity index (χ0n) is 14.6. The molecule has 4 heteroatoms. The lowest BCUT2D eigenvalue weighted by Crippen LogP contribution is -2.42. The zero-order chi connectivity index (χ0) is 16.4. The van der Waals surface area contributed by atoms with Crippen LogP contribution in [0.3, 0.4) is 0 Å². The molecule has 0 atom stereocenters. The zero-order valence-corrected chi connectivity index (χ0v) is 15.6. The summed E-state index contributed by atoms with van der Waals surface area (Å²) in [6, 6.07) is 8.24. The average molecular weight is 320 g/mol. The first-order valence-electron chi connectivity index (χ1n) is 8.24. The van der Waals surface area contributed by atoms with Gasteiger partial charge < -0.3 is 9.33 Å². The van der Waals surface area contributed by atoms with Crippen LogP contribution in [0.2, 0.25) is 18.1 Å². The van der Waals surface area contributed by atoms with Crippen molar-refractivity contribution < 1.29 is 9.22 Å². The Bertz CT molecular complexity index is 534. The molecule has 1 aliphatic heterocycles. The van der Waals surface area contributed by atoms with Crippen molar-refractivity contribution in [3.05, 3.63) is 29.8 Å². The number of benzene rings is 1. The third-order valence-corrected chi connectivity index (χ3v) is 9.53. The number of fused-ring (bicyclic) bond motifs is 1. The van der Waals surface area contributed by atoms with Gasteiger partial charge in [0.15, 0.2) is 8.32 Å². The van der Waals surface area contributed by atoms with E-state index in [4.69, 9.17) is 4.43 Å². The molecule has 1 aliphatic rings. The number of anilines is 1. The summed E-state index contributed by atoms with van der Waals surface area (Å²) in [5, 5.41) is 0.237. The molecule has 0 saturated carbocycles. The standard InChI is InChI=1S/C18H29NO2Si/c1-18(2,3)22(4,5)21-14-8-13-19-16-10-7-6-9-15(16)11-12-17(19)20/h6-7,9-10H,8,11-14H2,1-5H3. The number of carbonyl (C=O) groups is 1. The first-order chi connectivity index (χ1) is 10.2. The van der Waals surface area contributed by atoms with Gasteiger partial charge >= 0.3 is 0 Å². The minimum absolute atomic E-state index is 0.237. The Kier molecular flexibility index (Phi) is 5.13. The van der Waals surface area contributed by atoms with Crippen LogP contribution < -0.4 is 4.90 Å². The molecule has 0 bridgehead atoms. The molecule has 0 saturated heterocycles. The predicted octanol–water partition coefficient (Wildman–Crippen LogP) is 4.38. The van der Waals surface area contributed by atoms with Gasteiger partial charge in [-0.1, -0.05) is 39.0 Å². The number of hydrogen-bond acceptors (Lipinski definition) is 2. The fraction of sp³-hybridized carbons (Fsp3) is 0.611. The molecule has 1 amide bonds. The predicted molar refractivity (Wildman–Crippen MR) is 94.9 cm³/mol. The Balaban J connectivity index is 1.91. The maximum Gasteiger partial charge on any atom is 0.227 e. The number of nitrogens with zero attached hydrogens (tertiary/aromatic N) is 1. The van der Waals surface area contributed by atoms with Crippen molar-refractivity contribution in [2.45, 2.75) is 58.2 Å². The van der Waals surface area contributed by atoms with Crippen molar-refractivity contribution in [2.75, 3.05) is 18.1 Å². The van der Waals surface area contributed by atoms with E-state index in [0.717, 1.165) is 31.7 Å². The Morgan fingerprint density at radius 3 is 2.55 bits per heavy atom. The number of carbonyl (C=O) groups excluding carboxylic acids is 1. The van der Waals surface area contributed by atoms with Crippen LogP contribution >= 0.6 is 0 Å². The van der Waals surface area contributed by atoms with E-state index < -0.39 is 8.32 Å². The maximum atomic E-state index is 12.2. The molecule has 1 aromatic carbocycles. The van der Waals surface area contributed by atoms with Crippen molar-refractivity contribution in [3.63, 3.8) is 0 Å². The van der Waals surface area contributed by atoms with E-state index in [1.54, 1.807) is 0 Å². The lowest BCUT2D eigenvalue weighted by atomic mass is 10.0. The van der Waals surface area contributed by atoms with Gasteiger partial charge in [0.2, 0.25) is 5.91 Å². The van der Waals surface area contributed by atoms with Gasteiger partial charge in [0.1, 0.15) is 0 Å². The van der Waals surface area contributed by atoms with Gasteiger partial charge in [-0.2, -0.15) is 0 Å². The van der Waals surface area contributed by atoms with Crippen LogP contribution in [0, 0.1) is 0 Å². The van der Waals surface area contributed by atoms with Crippen LogP contribution in [0.25, 0.3) is 0 Å². The lowest BCUT2D eigenvalue weighted by Gasteiger charge is -2.36. The Morgan fingerprint density at radius 1 is 1.18 bits per heavy atom. The van der Waals surface area contributed by atoms with Crippen molar-refractivity contribution in [3.8, 4) is 0 Å². The van der Waals surface area contributed by atoms with Crippen LogP contribution in [-0.4, -0.2) is 27.4 Å². The Morgan fingerprint density at radius 2 is 1.86 bits per heavy atom. The van der Waals surface area contributed by atoms with Crippen molar-refractivity contribution >= 4 is 19.9 Å². The first-order valence-corrected chi connectivity index (χ1v) is 11.2. The van der Waals surface area contributed by atoms with Gasteiger partial charge in [-0.3, -0.25) is 4.79 Å². The molecule has 122 valence electrons. The summed E-state index contributed by atoms with van der Waals surface area (Å²) in [7, 11) is -1.68. The van der Waals surface area contributed by atoms with Gasteiger partial charge in [-0.15, -0.1) is 0 Å². The second-order valence-electron chi connectivity index (χ2n) is 7.64. The number of amides is 1. The van der Waals surface area contributed by atoms with Gasteiger partial charge in [0, 0.05) is 25.3 Å². The molecule has 0 fully saturated rings. The summed E-state index contributed by atoms with van der Waals surface area (Å²) in [5.41, 5.74) is 2.37. The number of aryl methyl sites for hydroxylation is 1. The van der Waals surface area contributed by atoms with Gasteiger partial charge in [-0.25, -0.2) is 0 Å². The van der Waals surface area contributed by atoms with Gasteiger partial charge in [0.25, 0.3) is 0 Å². The lowest BCUT2D eigenvalue weighted by molar-refractivity contribution is -0.118. The van der Waals surface area contributed by atoms with Crippen molar-refractivity contribution in [2.24, 2.45) is 0 Å². The van der Waals surface area contributed by atoms with Crippen LogP contribution in [-0.2, 0) is 15.6 Å². The quantitative estimate of drug-likeness (QED) is 0.595. The third kappa shape index (κ3) is 3.79. The highest BCUT2D eigenvalue weighted by Crippen LogP contribution is 2.36. The van der Waals surface area contributed by atoms with E-state index in [1.807, 2.05) is 17.0 Å². The highest BCUT2D eigenvalue weighted by molar-refractivity contribution is 6.74. The van der Waals surface area contributed by atoms with E-state index in [2.05, 4.69) is 46.0 Å². The van der Waals surface area contributed by atoms with Crippen LogP contribution in [0.1, 0.15) is 39.2 Å². The summed E-state index contributed by atoms with van der Waals surface area (Å²) >= 11 is 0. The molecule has 2 rings (SSSR count). The minimum Gasteiger partial charge on any atom is -0.417 e. The normalized spacial score (nSPS) is 15.9. The van der Waals surface area contributed by atoms with E-state index in [1.165, 1.54) is 5.56 Å². The van der Waals surface area contributed by atoms with Crippen LogP contribution in [0.15, 0.2) is 24.3 Å². The largest absolute Gasteiger partial charge is 0.417 e. The monoisotopic (exact) mass is 319 g/mol. The third-order valence-electron chi connectivity index (χ3n) is 4.99. The molecule has 0 aliphatic carbocycles. The molecule has 1 heterocycles. The molecule has 0 radical (unpaired) electrons. The van der Waals surface area contributed by atoms with E-state index in [9.17, 15) is 4.79 Å². The molecule has 1 aromatic rings. The fourth-order valence-electron chi connectivity index (χ4n) is 2.51. The molecule has 0 N–H and O–H groups in total. The number of hydrogen-bond donors (Lipinski definition) is 0. The summed E-state index contributed by atoms with van der Waals surface area (Å²) < 4.78 is 6.21. The van der Waals surface area contributed by atoms with Crippen LogP contribution in [0.4, 0.5) is 5.69 Å².